The van der Waals surface area contributed by atoms with Gasteiger partial charge in [0, 0.05) is 38.3 Å². The molecule has 4 nitrogen and oxygen atoms in total. The second-order valence-corrected chi connectivity index (χ2v) is 9.25. The van der Waals surface area contributed by atoms with E-state index in [0.717, 1.165) is 53.6 Å². The van der Waals surface area contributed by atoms with Gasteiger partial charge in [-0.1, -0.05) is 80.0 Å². The second-order valence-electron chi connectivity index (χ2n) is 8.84. The maximum absolute atomic E-state index is 13.4. The zero-order chi connectivity index (χ0) is 23.2. The van der Waals surface area contributed by atoms with Crippen molar-refractivity contribution in [3.05, 3.63) is 105 Å². The van der Waals surface area contributed by atoms with Gasteiger partial charge in [-0.05, 0) is 35.2 Å². The van der Waals surface area contributed by atoms with E-state index in [0.29, 0.717) is 24.8 Å². The van der Waals surface area contributed by atoms with Crippen molar-refractivity contribution < 1.29 is 4.74 Å². The van der Waals surface area contributed by atoms with E-state index in [9.17, 15) is 4.79 Å². The Morgan fingerprint density at radius 3 is 2.30 bits per heavy atom. The van der Waals surface area contributed by atoms with Crippen LogP contribution in [0, 0.1) is 0 Å². The predicted molar refractivity (Wildman–Crippen MR) is 137 cm³/mol. The maximum atomic E-state index is 13.4. The Balaban J connectivity index is 1.49. The molecule has 0 atom stereocenters. The van der Waals surface area contributed by atoms with E-state index >= 15 is 0 Å². The molecule has 172 valence electrons. The molecule has 0 aliphatic carbocycles. The van der Waals surface area contributed by atoms with Crippen LogP contribution in [0.4, 0.5) is 5.69 Å². The standard InChI is InChI=1S/C28H31ClN2O2/c1-21(2)23-12-13-24(28(32)27(18-23)33-20-22-8-4-3-5-9-22)19-30-14-16-31(17-15-30)26-11-7-6-10-25(26)29/h3-13,18,21H,14-17,19-20H2,1-2H3. The summed E-state index contributed by atoms with van der Waals surface area (Å²) in [4.78, 5) is 18.0. The summed E-state index contributed by atoms with van der Waals surface area (Å²) in [6.07, 6.45) is 0. The predicted octanol–water partition coefficient (Wildman–Crippen LogP) is 5.72. The van der Waals surface area contributed by atoms with E-state index in [1.807, 2.05) is 60.7 Å². The summed E-state index contributed by atoms with van der Waals surface area (Å²) in [6.45, 7) is 8.78. The minimum atomic E-state index is -0.0219. The van der Waals surface area contributed by atoms with Crippen LogP contribution < -0.4 is 15.1 Å². The van der Waals surface area contributed by atoms with Gasteiger partial charge in [0.25, 0.3) is 0 Å². The van der Waals surface area contributed by atoms with Gasteiger partial charge in [0.05, 0.1) is 10.7 Å². The highest BCUT2D eigenvalue weighted by molar-refractivity contribution is 6.33. The number of halogens is 1. The normalized spacial score (nSPS) is 14.5. The van der Waals surface area contributed by atoms with Crippen LogP contribution in [-0.4, -0.2) is 31.1 Å². The van der Waals surface area contributed by atoms with Gasteiger partial charge >= 0.3 is 0 Å². The monoisotopic (exact) mass is 462 g/mol. The first kappa shape index (κ1) is 23.3. The zero-order valence-electron chi connectivity index (χ0n) is 19.3. The summed E-state index contributed by atoms with van der Waals surface area (Å²) in [7, 11) is 0. The Labute approximate surface area is 201 Å². The van der Waals surface area contributed by atoms with Crippen molar-refractivity contribution in [3.8, 4) is 5.75 Å². The highest BCUT2D eigenvalue weighted by Crippen LogP contribution is 2.26. The fraction of sp³-hybridized carbons (Fsp3) is 0.321. The van der Waals surface area contributed by atoms with Crippen LogP contribution in [0.25, 0.3) is 0 Å². The van der Waals surface area contributed by atoms with E-state index < -0.39 is 0 Å². The topological polar surface area (TPSA) is 32.8 Å². The molecule has 1 heterocycles. The summed E-state index contributed by atoms with van der Waals surface area (Å²) < 4.78 is 6.04. The van der Waals surface area contributed by atoms with Crippen molar-refractivity contribution in [2.45, 2.75) is 32.9 Å². The highest BCUT2D eigenvalue weighted by Gasteiger charge is 2.20. The molecule has 0 saturated carbocycles. The van der Waals surface area contributed by atoms with Gasteiger partial charge in [-0.2, -0.15) is 0 Å². The van der Waals surface area contributed by atoms with Crippen LogP contribution >= 0.6 is 11.6 Å². The molecule has 0 N–H and O–H groups in total. The number of para-hydroxylation sites is 1. The van der Waals surface area contributed by atoms with Gasteiger partial charge in [-0.3, -0.25) is 9.69 Å². The molecule has 1 saturated heterocycles. The molecule has 0 unspecified atom stereocenters. The van der Waals surface area contributed by atoms with E-state index in [2.05, 4.69) is 35.8 Å². The lowest BCUT2D eigenvalue weighted by Crippen LogP contribution is -2.46. The summed E-state index contributed by atoms with van der Waals surface area (Å²) in [5.74, 6) is 0.736. The Morgan fingerprint density at radius 2 is 1.61 bits per heavy atom. The van der Waals surface area contributed by atoms with Gasteiger partial charge in [0.2, 0.25) is 5.43 Å². The van der Waals surface area contributed by atoms with E-state index in [1.54, 1.807) is 0 Å². The fourth-order valence-corrected chi connectivity index (χ4v) is 4.37. The van der Waals surface area contributed by atoms with Gasteiger partial charge in [0.15, 0.2) is 5.75 Å². The first-order valence-corrected chi connectivity index (χ1v) is 11.9. The van der Waals surface area contributed by atoms with E-state index in [4.69, 9.17) is 16.3 Å². The first-order chi connectivity index (χ1) is 16.0. The average Bonchev–Trinajstić information content (AvgIpc) is 2.98. The third-order valence-corrected chi connectivity index (χ3v) is 6.47. The first-order valence-electron chi connectivity index (χ1n) is 11.6. The van der Waals surface area contributed by atoms with Gasteiger partial charge in [0.1, 0.15) is 6.61 Å². The molecule has 3 aromatic carbocycles. The molecule has 4 rings (SSSR count). The number of benzene rings is 2. The summed E-state index contributed by atoms with van der Waals surface area (Å²) >= 11 is 6.38. The number of hydrogen-bond donors (Lipinski definition) is 0. The Hall–Kier alpha value is -2.82. The van der Waals surface area contributed by atoms with Crippen molar-refractivity contribution >= 4 is 17.3 Å². The van der Waals surface area contributed by atoms with Crippen molar-refractivity contribution in [1.29, 1.82) is 0 Å². The number of ether oxygens (including phenoxy) is 1. The molecular weight excluding hydrogens is 432 g/mol. The minimum Gasteiger partial charge on any atom is -0.485 e. The molecule has 0 spiro atoms. The van der Waals surface area contributed by atoms with Crippen LogP contribution in [0.15, 0.2) is 77.6 Å². The van der Waals surface area contributed by atoms with Crippen molar-refractivity contribution in [1.82, 2.24) is 4.90 Å². The SMILES string of the molecule is CC(C)c1ccc(CN2CCN(c3ccccc3Cl)CC2)c(=O)c(OCc2ccccc2)c1. The molecule has 0 aromatic heterocycles. The summed E-state index contributed by atoms with van der Waals surface area (Å²) in [6, 6.07) is 23.9. The third kappa shape index (κ3) is 5.95. The van der Waals surface area contributed by atoms with Crippen molar-refractivity contribution in [3.63, 3.8) is 0 Å². The fourth-order valence-electron chi connectivity index (χ4n) is 4.12. The number of rotatable bonds is 7. The number of piperazine rings is 1. The number of anilines is 1. The number of hydrogen-bond acceptors (Lipinski definition) is 4. The molecule has 1 aliphatic heterocycles. The molecular formula is C28H31ClN2O2. The molecule has 1 fully saturated rings. The maximum Gasteiger partial charge on any atom is 0.224 e. The van der Waals surface area contributed by atoms with Crippen LogP contribution in [0.3, 0.4) is 0 Å². The average molecular weight is 463 g/mol. The quantitative estimate of drug-likeness (QED) is 0.449. The molecule has 0 bridgehead atoms. The number of nitrogens with zero attached hydrogens (tertiary/aromatic N) is 2. The van der Waals surface area contributed by atoms with E-state index in [-0.39, 0.29) is 5.43 Å². The highest BCUT2D eigenvalue weighted by atomic mass is 35.5. The lowest BCUT2D eigenvalue weighted by Gasteiger charge is -2.36. The zero-order valence-corrected chi connectivity index (χ0v) is 20.1. The van der Waals surface area contributed by atoms with Gasteiger partial charge < -0.3 is 9.64 Å². The van der Waals surface area contributed by atoms with Crippen LogP contribution in [0.2, 0.25) is 5.02 Å². The lowest BCUT2D eigenvalue weighted by molar-refractivity contribution is 0.248. The van der Waals surface area contributed by atoms with Crippen LogP contribution in [0.1, 0.15) is 36.5 Å². The van der Waals surface area contributed by atoms with Crippen molar-refractivity contribution in [2.75, 3.05) is 31.1 Å². The molecule has 33 heavy (non-hydrogen) atoms. The Morgan fingerprint density at radius 1 is 0.909 bits per heavy atom. The van der Waals surface area contributed by atoms with Crippen LogP contribution in [0.5, 0.6) is 5.75 Å². The molecule has 3 aromatic rings. The lowest BCUT2D eigenvalue weighted by atomic mass is 10.1. The molecule has 1 aliphatic rings. The van der Waals surface area contributed by atoms with Gasteiger partial charge in [-0.25, -0.2) is 0 Å². The molecule has 0 amide bonds. The van der Waals surface area contributed by atoms with E-state index in [1.165, 1.54) is 0 Å². The largest absolute Gasteiger partial charge is 0.485 e. The third-order valence-electron chi connectivity index (χ3n) is 6.15. The minimum absolute atomic E-state index is 0.0219. The van der Waals surface area contributed by atoms with Gasteiger partial charge in [-0.15, -0.1) is 0 Å². The summed E-state index contributed by atoms with van der Waals surface area (Å²) in [5.41, 5.74) is 3.98. The van der Waals surface area contributed by atoms with Crippen molar-refractivity contribution in [2.24, 2.45) is 0 Å². The smallest absolute Gasteiger partial charge is 0.224 e. The summed E-state index contributed by atoms with van der Waals surface area (Å²) in [5, 5.41) is 0.782. The van der Waals surface area contributed by atoms with Crippen LogP contribution in [-0.2, 0) is 13.2 Å². The molecule has 0 radical (unpaired) electrons. The molecule has 5 heteroatoms. The Bertz CT molecular complexity index is 1130. The second kappa shape index (κ2) is 10.9. The Kier molecular flexibility index (Phi) is 7.69.